The average molecular weight is 444 g/mol. The number of thioether (sulfide) groups is 1. The zero-order valence-electron chi connectivity index (χ0n) is 16.2. The molecule has 0 aliphatic carbocycles. The number of carbonyl (C=O) groups excluding carboxylic acids is 2. The summed E-state index contributed by atoms with van der Waals surface area (Å²) in [5.74, 6) is -0.488. The van der Waals surface area contributed by atoms with Crippen LogP contribution >= 0.6 is 23.4 Å². The van der Waals surface area contributed by atoms with Gasteiger partial charge in [0.05, 0.1) is 11.4 Å². The van der Waals surface area contributed by atoms with Crippen molar-refractivity contribution in [1.29, 1.82) is 0 Å². The molecule has 0 saturated carbocycles. The van der Waals surface area contributed by atoms with E-state index in [4.69, 9.17) is 11.6 Å². The maximum Gasteiger partial charge on any atom is 0.278 e. The third kappa shape index (κ3) is 5.68. The number of carbonyl (C=O) groups is 2. The first-order chi connectivity index (χ1) is 14.3. The minimum absolute atomic E-state index is 0.0359. The highest BCUT2D eigenvalue weighted by atomic mass is 35.5. The smallest absolute Gasteiger partial charge is 0.278 e. The zero-order valence-corrected chi connectivity index (χ0v) is 17.7. The van der Waals surface area contributed by atoms with Crippen molar-refractivity contribution in [3.8, 4) is 11.3 Å². The van der Waals surface area contributed by atoms with E-state index in [1.165, 1.54) is 6.92 Å². The van der Waals surface area contributed by atoms with Gasteiger partial charge >= 0.3 is 0 Å². The number of aryl methyl sites for hydroxylation is 1. The lowest BCUT2D eigenvalue weighted by atomic mass is 10.1. The normalized spacial score (nSPS) is 10.5. The van der Waals surface area contributed by atoms with Gasteiger partial charge in [0.1, 0.15) is 0 Å². The molecule has 0 aliphatic heterocycles. The monoisotopic (exact) mass is 443 g/mol. The molecule has 3 rings (SSSR count). The number of benzene rings is 2. The molecule has 10 heteroatoms. The summed E-state index contributed by atoms with van der Waals surface area (Å²) in [7, 11) is 0. The Morgan fingerprint density at radius 2 is 1.83 bits per heavy atom. The van der Waals surface area contributed by atoms with E-state index in [9.17, 15) is 14.4 Å². The van der Waals surface area contributed by atoms with Crippen LogP contribution in [-0.2, 0) is 9.59 Å². The summed E-state index contributed by atoms with van der Waals surface area (Å²) < 4.78 is 0. The van der Waals surface area contributed by atoms with E-state index >= 15 is 0 Å². The van der Waals surface area contributed by atoms with Crippen LogP contribution in [0, 0.1) is 6.92 Å². The van der Waals surface area contributed by atoms with Crippen LogP contribution in [0.3, 0.4) is 0 Å². The van der Waals surface area contributed by atoms with E-state index in [-0.39, 0.29) is 28.4 Å². The molecule has 1 heterocycles. The minimum atomic E-state index is -0.470. The van der Waals surface area contributed by atoms with Crippen LogP contribution < -0.4 is 16.2 Å². The number of H-pyrrole nitrogens is 1. The number of rotatable bonds is 6. The molecule has 0 fully saturated rings. The van der Waals surface area contributed by atoms with Gasteiger partial charge in [0.2, 0.25) is 11.8 Å². The van der Waals surface area contributed by atoms with Crippen LogP contribution in [0.25, 0.3) is 11.3 Å². The molecule has 0 atom stereocenters. The second-order valence-corrected chi connectivity index (χ2v) is 7.78. The van der Waals surface area contributed by atoms with Crippen LogP contribution in [0.1, 0.15) is 12.5 Å². The fraction of sp³-hybridized carbons (Fsp3) is 0.150. The maximum absolute atomic E-state index is 12.6. The van der Waals surface area contributed by atoms with E-state index < -0.39 is 5.56 Å². The van der Waals surface area contributed by atoms with Crippen molar-refractivity contribution in [2.75, 3.05) is 16.4 Å². The summed E-state index contributed by atoms with van der Waals surface area (Å²) in [6, 6.07) is 12.0. The van der Waals surface area contributed by atoms with Crippen LogP contribution in [0.2, 0.25) is 5.02 Å². The van der Waals surface area contributed by atoms with Gasteiger partial charge in [-0.3, -0.25) is 19.4 Å². The number of hydrogen-bond donors (Lipinski definition) is 3. The van der Waals surface area contributed by atoms with Gasteiger partial charge in [0.15, 0.2) is 10.9 Å². The van der Waals surface area contributed by atoms with Gasteiger partial charge in [0, 0.05) is 23.2 Å². The lowest BCUT2D eigenvalue weighted by Crippen LogP contribution is -2.18. The summed E-state index contributed by atoms with van der Waals surface area (Å²) in [6.07, 6.45) is 0. The first-order valence-corrected chi connectivity index (χ1v) is 10.2. The number of anilines is 2. The molecule has 0 saturated heterocycles. The summed E-state index contributed by atoms with van der Waals surface area (Å²) in [4.78, 5) is 38.7. The van der Waals surface area contributed by atoms with Crippen molar-refractivity contribution >= 4 is 46.6 Å². The van der Waals surface area contributed by atoms with E-state index in [2.05, 4.69) is 25.8 Å². The standard InChI is InChI=1S/C20H18ClN5O3S/c1-11-3-8-16(22-12(2)27)15(9-11)18-19(29)24-20(26-25-18)30-10-17(28)23-14-6-4-13(21)5-7-14/h3-9H,10H2,1-2H3,(H,22,27)(H,23,28)(H,24,26,29). The van der Waals surface area contributed by atoms with Crippen LogP contribution in [-0.4, -0.2) is 32.7 Å². The number of aromatic amines is 1. The molecule has 154 valence electrons. The predicted octanol–water partition coefficient (Wildman–Crippen LogP) is 3.48. The fourth-order valence-electron chi connectivity index (χ4n) is 2.58. The van der Waals surface area contributed by atoms with Crippen molar-refractivity contribution in [1.82, 2.24) is 15.2 Å². The molecule has 0 aliphatic rings. The third-order valence-electron chi connectivity index (χ3n) is 3.89. The maximum atomic E-state index is 12.6. The van der Waals surface area contributed by atoms with Crippen molar-refractivity contribution in [3.63, 3.8) is 0 Å². The van der Waals surface area contributed by atoms with Gasteiger partial charge in [0.25, 0.3) is 5.56 Å². The summed E-state index contributed by atoms with van der Waals surface area (Å²) in [6.45, 7) is 3.25. The molecule has 0 unspecified atom stereocenters. The molecule has 2 amide bonds. The molecule has 0 bridgehead atoms. The van der Waals surface area contributed by atoms with E-state index in [1.807, 2.05) is 13.0 Å². The number of hydrogen-bond acceptors (Lipinski definition) is 6. The first-order valence-electron chi connectivity index (χ1n) is 8.85. The number of nitrogens with one attached hydrogen (secondary N) is 3. The molecular weight excluding hydrogens is 426 g/mol. The number of aromatic nitrogens is 3. The Balaban J connectivity index is 1.72. The lowest BCUT2D eigenvalue weighted by molar-refractivity contribution is -0.114. The molecule has 0 spiro atoms. The minimum Gasteiger partial charge on any atom is -0.326 e. The van der Waals surface area contributed by atoms with Crippen LogP contribution in [0.5, 0.6) is 0 Å². The molecule has 3 N–H and O–H groups in total. The molecule has 2 aromatic carbocycles. The summed E-state index contributed by atoms with van der Waals surface area (Å²) in [5.41, 5.74) is 2.06. The first kappa shape index (κ1) is 21.5. The quantitative estimate of drug-likeness (QED) is 0.502. The van der Waals surface area contributed by atoms with E-state index in [0.717, 1.165) is 17.3 Å². The SMILES string of the molecule is CC(=O)Nc1ccc(C)cc1-c1nnc(SCC(=O)Nc2ccc(Cl)cc2)[nH]c1=O. The number of nitrogens with zero attached hydrogens (tertiary/aromatic N) is 2. The Hall–Kier alpha value is -3.17. The Labute approximate surface area is 181 Å². The molecule has 30 heavy (non-hydrogen) atoms. The molecule has 1 aromatic heterocycles. The van der Waals surface area contributed by atoms with Gasteiger partial charge < -0.3 is 10.6 Å². The van der Waals surface area contributed by atoms with Crippen molar-refractivity contribution < 1.29 is 9.59 Å². The zero-order chi connectivity index (χ0) is 21.7. The highest BCUT2D eigenvalue weighted by Gasteiger charge is 2.14. The van der Waals surface area contributed by atoms with Crippen molar-refractivity contribution in [2.24, 2.45) is 0 Å². The van der Waals surface area contributed by atoms with Crippen molar-refractivity contribution in [3.05, 3.63) is 63.4 Å². The second kappa shape index (κ2) is 9.55. The highest BCUT2D eigenvalue weighted by Crippen LogP contribution is 2.25. The van der Waals surface area contributed by atoms with E-state index in [0.29, 0.717) is 22.0 Å². The number of amides is 2. The van der Waals surface area contributed by atoms with Crippen molar-refractivity contribution in [2.45, 2.75) is 19.0 Å². The average Bonchev–Trinajstić information content (AvgIpc) is 2.69. The highest BCUT2D eigenvalue weighted by molar-refractivity contribution is 7.99. The molecule has 0 radical (unpaired) electrons. The second-order valence-electron chi connectivity index (χ2n) is 6.38. The van der Waals surface area contributed by atoms with Gasteiger partial charge in [-0.15, -0.1) is 10.2 Å². The van der Waals surface area contributed by atoms with E-state index in [1.54, 1.807) is 36.4 Å². The van der Waals surface area contributed by atoms with Gasteiger partial charge in [-0.25, -0.2) is 0 Å². The lowest BCUT2D eigenvalue weighted by Gasteiger charge is -2.10. The molecule has 8 nitrogen and oxygen atoms in total. The summed E-state index contributed by atoms with van der Waals surface area (Å²) in [5, 5.41) is 14.2. The van der Waals surface area contributed by atoms with Gasteiger partial charge in [-0.1, -0.05) is 35.0 Å². The Morgan fingerprint density at radius 1 is 1.10 bits per heavy atom. The van der Waals surface area contributed by atoms with Crippen LogP contribution in [0.15, 0.2) is 52.4 Å². The Morgan fingerprint density at radius 3 is 2.50 bits per heavy atom. The molecular formula is C20H18ClN5O3S. The largest absolute Gasteiger partial charge is 0.326 e. The topological polar surface area (TPSA) is 117 Å². The van der Waals surface area contributed by atoms with Gasteiger partial charge in [-0.05, 0) is 43.3 Å². The molecule has 3 aromatic rings. The predicted molar refractivity (Wildman–Crippen MR) is 118 cm³/mol. The Kier molecular flexibility index (Phi) is 6.86. The van der Waals surface area contributed by atoms with Crippen LogP contribution in [0.4, 0.5) is 11.4 Å². The fourth-order valence-corrected chi connectivity index (χ4v) is 3.31. The van der Waals surface area contributed by atoms with Gasteiger partial charge in [-0.2, -0.15) is 0 Å². The number of halogens is 1. The Bertz CT molecular complexity index is 1150. The third-order valence-corrected chi connectivity index (χ3v) is 5.00. The summed E-state index contributed by atoms with van der Waals surface area (Å²) >= 11 is 6.87.